The predicted octanol–water partition coefficient (Wildman–Crippen LogP) is 4.87. The van der Waals surface area contributed by atoms with Crippen molar-refractivity contribution in [3.63, 3.8) is 0 Å². The molecule has 0 aliphatic heterocycles. The lowest BCUT2D eigenvalue weighted by Gasteiger charge is -2.59. The second kappa shape index (κ2) is 5.16. The lowest BCUT2D eigenvalue weighted by Crippen LogP contribution is -2.55. The minimum Gasteiger partial charge on any atom is -0.299 e. The third-order valence-electron chi connectivity index (χ3n) is 8.30. The second-order valence-corrected chi connectivity index (χ2v) is 10.0. The van der Waals surface area contributed by atoms with Crippen LogP contribution in [0.2, 0.25) is 0 Å². The van der Waals surface area contributed by atoms with Crippen molar-refractivity contribution < 1.29 is 9.59 Å². The maximum Gasteiger partial charge on any atom is 0.169 e. The Balaban J connectivity index is 1.81. The van der Waals surface area contributed by atoms with E-state index >= 15 is 0 Å². The van der Waals surface area contributed by atoms with Crippen LogP contribution in [-0.4, -0.2) is 16.4 Å². The van der Waals surface area contributed by atoms with Crippen LogP contribution in [0.3, 0.4) is 0 Å². The first-order valence-corrected chi connectivity index (χ1v) is 10.2. The summed E-state index contributed by atoms with van der Waals surface area (Å²) in [6, 6.07) is 0. The summed E-state index contributed by atoms with van der Waals surface area (Å²) in [5.41, 5.74) is 2.22. The highest BCUT2D eigenvalue weighted by atomic mass is 79.9. The molecule has 0 spiro atoms. The fourth-order valence-electron chi connectivity index (χ4n) is 6.68. The third kappa shape index (κ3) is 1.88. The molecule has 0 bridgehead atoms. The minimum absolute atomic E-state index is 0.00492. The Kier molecular flexibility index (Phi) is 3.60. The molecule has 7 atom stereocenters. The van der Waals surface area contributed by atoms with Crippen molar-refractivity contribution in [2.24, 2.45) is 34.5 Å². The Morgan fingerprint density at radius 2 is 1.92 bits per heavy atom. The van der Waals surface area contributed by atoms with E-state index in [9.17, 15) is 9.59 Å². The van der Waals surface area contributed by atoms with E-state index in [0.29, 0.717) is 23.5 Å². The highest BCUT2D eigenvalue weighted by molar-refractivity contribution is 9.10. The van der Waals surface area contributed by atoms with Gasteiger partial charge >= 0.3 is 0 Å². The molecule has 0 aromatic heterocycles. The maximum absolute atomic E-state index is 12.5. The second-order valence-electron chi connectivity index (χ2n) is 9.04. The number of halogens is 1. The van der Waals surface area contributed by atoms with E-state index in [1.165, 1.54) is 5.57 Å². The van der Waals surface area contributed by atoms with Crippen LogP contribution in [0.4, 0.5) is 0 Å². The summed E-state index contributed by atoms with van der Waals surface area (Å²) >= 11 is 3.65. The van der Waals surface area contributed by atoms with Crippen LogP contribution in [0.15, 0.2) is 23.8 Å². The van der Waals surface area contributed by atoms with E-state index in [-0.39, 0.29) is 27.4 Å². The first kappa shape index (κ1) is 16.8. The van der Waals surface area contributed by atoms with Gasteiger partial charge in [0.25, 0.3) is 0 Å². The van der Waals surface area contributed by atoms with E-state index in [4.69, 9.17) is 0 Å². The molecule has 0 heterocycles. The lowest BCUT2D eigenvalue weighted by molar-refractivity contribution is -0.132. The maximum atomic E-state index is 12.5. The van der Waals surface area contributed by atoms with E-state index in [0.717, 1.165) is 37.7 Å². The molecule has 3 fully saturated rings. The molecule has 1 unspecified atom stereocenters. The van der Waals surface area contributed by atoms with Gasteiger partial charge in [-0.05, 0) is 61.0 Å². The molecule has 4 rings (SSSR count). The van der Waals surface area contributed by atoms with Gasteiger partial charge in [0.15, 0.2) is 5.78 Å². The number of hydrogen-bond acceptors (Lipinski definition) is 2. The van der Waals surface area contributed by atoms with Gasteiger partial charge < -0.3 is 0 Å². The van der Waals surface area contributed by atoms with Crippen molar-refractivity contribution in [1.29, 1.82) is 0 Å². The Morgan fingerprint density at radius 1 is 1.21 bits per heavy atom. The van der Waals surface area contributed by atoms with Crippen LogP contribution in [0.5, 0.6) is 0 Å². The quantitative estimate of drug-likeness (QED) is 0.552. The fourth-order valence-corrected chi connectivity index (χ4v) is 7.36. The van der Waals surface area contributed by atoms with Gasteiger partial charge in [-0.25, -0.2) is 0 Å². The highest BCUT2D eigenvalue weighted by Crippen LogP contribution is 2.66. The van der Waals surface area contributed by atoms with Crippen LogP contribution in [0.1, 0.15) is 52.9 Å². The molecule has 0 saturated heterocycles. The van der Waals surface area contributed by atoms with Crippen LogP contribution < -0.4 is 0 Å². The van der Waals surface area contributed by atoms with Crippen molar-refractivity contribution >= 4 is 27.5 Å². The van der Waals surface area contributed by atoms with Crippen molar-refractivity contribution in [3.05, 3.63) is 23.8 Å². The monoisotopic (exact) mass is 390 g/mol. The van der Waals surface area contributed by atoms with Crippen molar-refractivity contribution in [2.75, 3.05) is 0 Å². The molecule has 2 nitrogen and oxygen atoms in total. The van der Waals surface area contributed by atoms with Crippen LogP contribution in [0.25, 0.3) is 0 Å². The summed E-state index contributed by atoms with van der Waals surface area (Å²) in [5, 5.41) is 0. The molecule has 130 valence electrons. The SMILES string of the molecule is C=C1C[C@@H]2[C@H](CC[C@]3(C)C(=O)CC[C@@H]23)[C@]2(C)C1=CC(=O)C(Br)[C@@H]2C. The first-order valence-electron chi connectivity index (χ1n) is 9.32. The molecule has 0 aromatic carbocycles. The number of allylic oxidation sites excluding steroid dienone is 2. The average Bonchev–Trinajstić information content (AvgIpc) is 2.84. The number of hydrogen-bond donors (Lipinski definition) is 0. The number of ketones is 2. The molecule has 0 radical (unpaired) electrons. The Labute approximate surface area is 153 Å². The summed E-state index contributed by atoms with van der Waals surface area (Å²) in [7, 11) is 0. The van der Waals surface area contributed by atoms with Gasteiger partial charge in [0.1, 0.15) is 5.78 Å². The molecule has 0 aromatic rings. The van der Waals surface area contributed by atoms with Crippen molar-refractivity contribution in [2.45, 2.75) is 57.7 Å². The molecule has 0 amide bonds. The number of rotatable bonds is 0. The van der Waals surface area contributed by atoms with Gasteiger partial charge in [-0.3, -0.25) is 9.59 Å². The zero-order valence-electron chi connectivity index (χ0n) is 14.9. The van der Waals surface area contributed by atoms with Gasteiger partial charge in [0.2, 0.25) is 0 Å². The lowest BCUT2D eigenvalue weighted by atomic mass is 9.45. The summed E-state index contributed by atoms with van der Waals surface area (Å²) < 4.78 is 0. The zero-order chi connectivity index (χ0) is 17.4. The van der Waals surface area contributed by atoms with Crippen LogP contribution >= 0.6 is 15.9 Å². The minimum atomic E-state index is -0.111. The Hall–Kier alpha value is -0.700. The normalized spacial score (nSPS) is 50.9. The van der Waals surface area contributed by atoms with Gasteiger partial charge in [0, 0.05) is 17.3 Å². The summed E-state index contributed by atoms with van der Waals surface area (Å²) in [6.07, 6.45) is 6.75. The fraction of sp³-hybridized carbons (Fsp3) is 0.714. The van der Waals surface area contributed by atoms with Gasteiger partial charge in [-0.15, -0.1) is 0 Å². The first-order chi connectivity index (χ1) is 11.2. The smallest absolute Gasteiger partial charge is 0.169 e. The van der Waals surface area contributed by atoms with Gasteiger partial charge in [-0.1, -0.05) is 48.9 Å². The highest BCUT2D eigenvalue weighted by Gasteiger charge is 2.61. The summed E-state index contributed by atoms with van der Waals surface area (Å²) in [6.45, 7) is 11.1. The van der Waals surface area contributed by atoms with Gasteiger partial charge in [0.05, 0.1) is 4.83 Å². The van der Waals surface area contributed by atoms with Crippen molar-refractivity contribution in [3.8, 4) is 0 Å². The third-order valence-corrected chi connectivity index (χ3v) is 9.55. The average molecular weight is 391 g/mol. The summed E-state index contributed by atoms with van der Waals surface area (Å²) in [4.78, 5) is 24.8. The van der Waals surface area contributed by atoms with Gasteiger partial charge in [-0.2, -0.15) is 0 Å². The molecule has 3 heteroatoms. The molecule has 24 heavy (non-hydrogen) atoms. The largest absolute Gasteiger partial charge is 0.299 e. The molecule has 0 N–H and O–H groups in total. The van der Waals surface area contributed by atoms with Crippen molar-refractivity contribution in [1.82, 2.24) is 0 Å². The van der Waals surface area contributed by atoms with E-state index < -0.39 is 0 Å². The van der Waals surface area contributed by atoms with Crippen LogP contribution in [0, 0.1) is 34.5 Å². The molecule has 4 aliphatic rings. The summed E-state index contributed by atoms with van der Waals surface area (Å²) in [5.74, 6) is 2.52. The molecular formula is C21H27BrO2. The number of Topliss-reactive ketones (excluding diaryl/α,β-unsaturated/α-hetero) is 1. The van der Waals surface area contributed by atoms with E-state index in [1.54, 1.807) is 0 Å². The topological polar surface area (TPSA) is 34.1 Å². The zero-order valence-corrected chi connectivity index (χ0v) is 16.5. The Bertz CT molecular complexity index is 677. The number of carbonyl (C=O) groups is 2. The predicted molar refractivity (Wildman–Crippen MR) is 98.9 cm³/mol. The number of alkyl halides is 1. The number of carbonyl (C=O) groups excluding carboxylic acids is 2. The van der Waals surface area contributed by atoms with E-state index in [1.807, 2.05) is 6.08 Å². The van der Waals surface area contributed by atoms with E-state index in [2.05, 4.69) is 43.3 Å². The molecular weight excluding hydrogens is 364 g/mol. The van der Waals surface area contributed by atoms with Crippen LogP contribution in [-0.2, 0) is 9.59 Å². The standard InChI is InChI=1S/C21H27BrO2/c1-11-9-13-14-5-6-18(24)20(14,3)8-7-15(13)21(4)12(2)19(22)17(23)10-16(11)21/h10,12-15,19H,1,5-9H2,2-4H3/t12-,13-,14-,15-,19?,20-,21+/m0/s1. The Morgan fingerprint density at radius 3 is 2.62 bits per heavy atom. The molecule has 3 saturated carbocycles. The number of fused-ring (bicyclic) bond motifs is 5. The molecule has 4 aliphatic carbocycles.